The maximum atomic E-state index is 12.1. The second-order valence-electron chi connectivity index (χ2n) is 4.72. The Kier molecular flexibility index (Phi) is 5.95. The van der Waals surface area contributed by atoms with Gasteiger partial charge in [-0.1, -0.05) is 35.3 Å². The first-order valence-corrected chi connectivity index (χ1v) is 7.57. The number of ether oxygens (including phenoxy) is 2. The first-order chi connectivity index (χ1) is 11.4. The molecule has 7 heteroatoms. The van der Waals surface area contributed by atoms with E-state index in [0.29, 0.717) is 5.02 Å². The SMILES string of the molecule is CC(=O)Oc1ccccc1C(=O)OCC(=O)c1ccc(Cl)c(Cl)c1. The summed E-state index contributed by atoms with van der Waals surface area (Å²) >= 11 is 11.6. The highest BCUT2D eigenvalue weighted by Crippen LogP contribution is 2.23. The van der Waals surface area contributed by atoms with Crippen LogP contribution in [-0.4, -0.2) is 24.3 Å². The van der Waals surface area contributed by atoms with Crippen molar-refractivity contribution in [3.8, 4) is 5.75 Å². The molecule has 0 aliphatic carbocycles. The molecule has 0 heterocycles. The second-order valence-corrected chi connectivity index (χ2v) is 5.53. The van der Waals surface area contributed by atoms with Gasteiger partial charge in [-0.25, -0.2) is 4.79 Å². The standard InChI is InChI=1S/C17H12Cl2O5/c1-10(20)24-16-5-3-2-4-12(16)17(22)23-9-15(21)11-6-7-13(18)14(19)8-11/h2-8H,9H2,1H3. The van der Waals surface area contributed by atoms with E-state index >= 15 is 0 Å². The number of ketones is 1. The molecule has 0 spiro atoms. The van der Waals surface area contributed by atoms with Crippen molar-refractivity contribution >= 4 is 40.9 Å². The summed E-state index contributed by atoms with van der Waals surface area (Å²) in [6.45, 7) is 0.737. The quantitative estimate of drug-likeness (QED) is 0.455. The summed E-state index contributed by atoms with van der Waals surface area (Å²) in [5, 5.41) is 0.551. The van der Waals surface area contributed by atoms with Crippen LogP contribution in [0.25, 0.3) is 0 Å². The van der Waals surface area contributed by atoms with Gasteiger partial charge in [0.2, 0.25) is 0 Å². The van der Waals surface area contributed by atoms with Gasteiger partial charge in [0.15, 0.2) is 12.4 Å². The van der Waals surface area contributed by atoms with E-state index in [9.17, 15) is 14.4 Å². The smallest absolute Gasteiger partial charge is 0.342 e. The normalized spacial score (nSPS) is 10.1. The van der Waals surface area contributed by atoms with Gasteiger partial charge in [-0.2, -0.15) is 0 Å². The minimum absolute atomic E-state index is 0.0506. The van der Waals surface area contributed by atoms with Crippen molar-refractivity contribution in [2.75, 3.05) is 6.61 Å². The summed E-state index contributed by atoms with van der Waals surface area (Å²) in [5.74, 6) is -1.72. The molecular weight excluding hydrogens is 355 g/mol. The second kappa shape index (κ2) is 7.95. The molecule has 2 rings (SSSR count). The van der Waals surface area contributed by atoms with E-state index < -0.39 is 24.3 Å². The van der Waals surface area contributed by atoms with Gasteiger partial charge >= 0.3 is 11.9 Å². The van der Waals surface area contributed by atoms with E-state index in [1.165, 1.54) is 37.3 Å². The third-order valence-electron chi connectivity index (χ3n) is 2.94. The van der Waals surface area contributed by atoms with Gasteiger partial charge in [-0.3, -0.25) is 9.59 Å². The van der Waals surface area contributed by atoms with Crippen molar-refractivity contribution in [1.29, 1.82) is 0 Å². The van der Waals surface area contributed by atoms with Crippen molar-refractivity contribution in [3.63, 3.8) is 0 Å². The van der Waals surface area contributed by atoms with Gasteiger partial charge in [0.1, 0.15) is 11.3 Å². The van der Waals surface area contributed by atoms with Crippen LogP contribution in [0.2, 0.25) is 10.0 Å². The van der Waals surface area contributed by atoms with Crippen LogP contribution in [0.3, 0.4) is 0 Å². The topological polar surface area (TPSA) is 69.7 Å². The lowest BCUT2D eigenvalue weighted by atomic mass is 10.1. The molecule has 0 unspecified atom stereocenters. The van der Waals surface area contributed by atoms with E-state index in [1.54, 1.807) is 12.1 Å². The number of hydrogen-bond donors (Lipinski definition) is 0. The highest BCUT2D eigenvalue weighted by Gasteiger charge is 2.17. The van der Waals surface area contributed by atoms with Gasteiger partial charge in [-0.15, -0.1) is 0 Å². The fourth-order valence-electron chi connectivity index (χ4n) is 1.84. The number of benzene rings is 2. The number of carbonyl (C=O) groups excluding carboxylic acids is 3. The molecule has 2 aromatic rings. The van der Waals surface area contributed by atoms with Crippen LogP contribution < -0.4 is 4.74 Å². The van der Waals surface area contributed by atoms with Crippen LogP contribution in [0.4, 0.5) is 0 Å². The monoisotopic (exact) mass is 366 g/mol. The van der Waals surface area contributed by atoms with Gasteiger partial charge in [0.25, 0.3) is 0 Å². The lowest BCUT2D eigenvalue weighted by molar-refractivity contribution is -0.131. The Morgan fingerprint density at radius 1 is 1.00 bits per heavy atom. The van der Waals surface area contributed by atoms with Crippen molar-refractivity contribution in [3.05, 3.63) is 63.6 Å². The average molecular weight is 367 g/mol. The molecule has 124 valence electrons. The third-order valence-corrected chi connectivity index (χ3v) is 3.68. The molecule has 0 aliphatic heterocycles. The molecule has 0 amide bonds. The van der Waals surface area contributed by atoms with E-state index in [4.69, 9.17) is 32.7 Å². The van der Waals surface area contributed by atoms with Crippen molar-refractivity contribution in [2.24, 2.45) is 0 Å². The van der Waals surface area contributed by atoms with Crippen LogP contribution in [0, 0.1) is 0 Å². The summed E-state index contributed by atoms with van der Waals surface area (Å²) in [6.07, 6.45) is 0. The average Bonchev–Trinajstić information content (AvgIpc) is 2.54. The maximum Gasteiger partial charge on any atom is 0.342 e. The Balaban J connectivity index is 2.06. The van der Waals surface area contributed by atoms with E-state index in [-0.39, 0.29) is 21.9 Å². The van der Waals surface area contributed by atoms with Crippen LogP contribution in [0.15, 0.2) is 42.5 Å². The highest BCUT2D eigenvalue weighted by atomic mass is 35.5. The number of carbonyl (C=O) groups is 3. The molecule has 0 radical (unpaired) electrons. The van der Waals surface area contributed by atoms with Crippen LogP contribution in [0.1, 0.15) is 27.6 Å². The molecule has 2 aromatic carbocycles. The van der Waals surface area contributed by atoms with Gasteiger partial charge in [0.05, 0.1) is 10.0 Å². The van der Waals surface area contributed by atoms with Crippen LogP contribution >= 0.6 is 23.2 Å². The molecule has 0 N–H and O–H groups in total. The van der Waals surface area contributed by atoms with Crippen LogP contribution in [-0.2, 0) is 9.53 Å². The first kappa shape index (κ1) is 18.0. The molecule has 0 atom stereocenters. The fourth-order valence-corrected chi connectivity index (χ4v) is 2.14. The zero-order valence-corrected chi connectivity index (χ0v) is 14.1. The number of Topliss-reactive ketones (excluding diaryl/α,β-unsaturated/α-hetero) is 1. The van der Waals surface area contributed by atoms with Gasteiger partial charge in [-0.05, 0) is 30.3 Å². The number of esters is 2. The molecular formula is C17H12Cl2O5. The lowest BCUT2D eigenvalue weighted by Gasteiger charge is -2.09. The third kappa shape index (κ3) is 4.57. The van der Waals surface area contributed by atoms with E-state index in [2.05, 4.69) is 0 Å². The minimum Gasteiger partial charge on any atom is -0.454 e. The predicted molar refractivity (Wildman–Crippen MR) is 88.8 cm³/mol. The largest absolute Gasteiger partial charge is 0.454 e. The van der Waals surface area contributed by atoms with Gasteiger partial charge in [0, 0.05) is 12.5 Å². The lowest BCUT2D eigenvalue weighted by Crippen LogP contribution is -2.15. The Hall–Kier alpha value is -2.37. The predicted octanol–water partition coefficient (Wildman–Crippen LogP) is 3.96. The van der Waals surface area contributed by atoms with Crippen molar-refractivity contribution < 1.29 is 23.9 Å². The zero-order chi connectivity index (χ0) is 17.7. The Bertz CT molecular complexity index is 801. The molecule has 0 aliphatic rings. The highest BCUT2D eigenvalue weighted by molar-refractivity contribution is 6.42. The first-order valence-electron chi connectivity index (χ1n) is 6.81. The molecule has 5 nitrogen and oxygen atoms in total. The van der Waals surface area contributed by atoms with Crippen molar-refractivity contribution in [1.82, 2.24) is 0 Å². The fraction of sp³-hybridized carbons (Fsp3) is 0.118. The van der Waals surface area contributed by atoms with E-state index in [1.807, 2.05) is 0 Å². The molecule has 0 bridgehead atoms. The van der Waals surface area contributed by atoms with Crippen molar-refractivity contribution in [2.45, 2.75) is 6.92 Å². The summed E-state index contributed by atoms with van der Waals surface area (Å²) in [6, 6.07) is 10.4. The van der Waals surface area contributed by atoms with E-state index in [0.717, 1.165) is 0 Å². The molecule has 0 saturated heterocycles. The number of rotatable bonds is 5. The summed E-state index contributed by atoms with van der Waals surface area (Å²) in [4.78, 5) is 35.2. The maximum absolute atomic E-state index is 12.1. The zero-order valence-electron chi connectivity index (χ0n) is 12.5. The summed E-state index contributed by atoms with van der Waals surface area (Å²) < 4.78 is 9.91. The van der Waals surface area contributed by atoms with Gasteiger partial charge < -0.3 is 9.47 Å². The minimum atomic E-state index is -0.778. The number of hydrogen-bond acceptors (Lipinski definition) is 5. The van der Waals surface area contributed by atoms with Crippen LogP contribution in [0.5, 0.6) is 5.75 Å². The molecule has 0 saturated carbocycles. The Labute approximate surface area is 148 Å². The molecule has 0 fully saturated rings. The molecule has 0 aromatic heterocycles. The number of halogens is 2. The molecule has 24 heavy (non-hydrogen) atoms. The Morgan fingerprint density at radius 3 is 2.38 bits per heavy atom. The summed E-state index contributed by atoms with van der Waals surface area (Å²) in [7, 11) is 0. The number of para-hydroxylation sites is 1. The Morgan fingerprint density at radius 2 is 1.71 bits per heavy atom. The summed E-state index contributed by atoms with van der Waals surface area (Å²) in [5.41, 5.74) is 0.320.